The van der Waals surface area contributed by atoms with Crippen LogP contribution in [0.25, 0.3) is 0 Å². The Labute approximate surface area is 183 Å². The van der Waals surface area contributed by atoms with E-state index >= 15 is 0 Å². The highest BCUT2D eigenvalue weighted by Crippen LogP contribution is 2.60. The Morgan fingerprint density at radius 3 is 2.26 bits per heavy atom. The van der Waals surface area contributed by atoms with Crippen molar-refractivity contribution in [1.82, 2.24) is 0 Å². The Balaban J connectivity index is 2.07. The minimum absolute atomic E-state index is 0.0677. The zero-order valence-electron chi connectivity index (χ0n) is 19.4. The normalized spacial score (nSPS) is 31.0. The minimum Gasteiger partial charge on any atom is -0.461 e. The van der Waals surface area contributed by atoms with E-state index < -0.39 is 17.5 Å². The predicted octanol–water partition coefficient (Wildman–Crippen LogP) is 5.27. The van der Waals surface area contributed by atoms with E-state index in [1.54, 1.807) is 46.1 Å². The van der Waals surface area contributed by atoms with Crippen molar-refractivity contribution in [2.24, 2.45) is 17.3 Å². The summed E-state index contributed by atoms with van der Waals surface area (Å²) in [5.41, 5.74) is 1.70. The summed E-state index contributed by atoms with van der Waals surface area (Å²) < 4.78 is 17.5. The van der Waals surface area contributed by atoms with Crippen LogP contribution in [0.3, 0.4) is 0 Å². The van der Waals surface area contributed by atoms with Crippen molar-refractivity contribution < 1.29 is 28.3 Å². The molecule has 6 heteroatoms. The van der Waals surface area contributed by atoms with Crippen LogP contribution in [-0.2, 0) is 19.1 Å². The molecule has 1 fully saturated rings. The minimum atomic E-state index is -0.741. The fourth-order valence-corrected chi connectivity index (χ4v) is 4.90. The summed E-state index contributed by atoms with van der Waals surface area (Å²) in [5, 5.41) is 0. The maximum Gasteiger partial charge on any atom is 0.334 e. The average molecular weight is 429 g/mol. The summed E-state index contributed by atoms with van der Waals surface area (Å²) in [6.45, 7) is 12.8. The van der Waals surface area contributed by atoms with Crippen molar-refractivity contribution in [2.75, 3.05) is 0 Å². The number of carbonyl (C=O) groups excluding carboxylic acids is 3. The molecule has 0 spiro atoms. The first-order chi connectivity index (χ1) is 14.6. The molecule has 0 saturated heterocycles. The van der Waals surface area contributed by atoms with Crippen molar-refractivity contribution in [1.29, 1.82) is 0 Å². The van der Waals surface area contributed by atoms with E-state index in [1.807, 2.05) is 20.8 Å². The molecule has 31 heavy (non-hydrogen) atoms. The van der Waals surface area contributed by atoms with E-state index in [0.717, 1.165) is 5.56 Å². The smallest absolute Gasteiger partial charge is 0.334 e. The van der Waals surface area contributed by atoms with Crippen molar-refractivity contribution >= 4 is 17.7 Å². The largest absolute Gasteiger partial charge is 0.461 e. The van der Waals surface area contributed by atoms with Crippen LogP contribution in [0, 0.1) is 24.2 Å². The Morgan fingerprint density at radius 2 is 1.68 bits per heavy atom. The van der Waals surface area contributed by atoms with Gasteiger partial charge in [-0.25, -0.2) is 9.59 Å². The van der Waals surface area contributed by atoms with Crippen molar-refractivity contribution in [3.8, 4) is 0 Å². The molecule has 2 aliphatic carbocycles. The SMILES string of the molecule is CC=C(C)C(=O)OC1CCC2C(=O)c3occ(C)c3C(OC(=O)C(C)=CC)C2(C)C1C. The van der Waals surface area contributed by atoms with Gasteiger partial charge in [0, 0.05) is 34.0 Å². The van der Waals surface area contributed by atoms with Crippen LogP contribution in [0.15, 0.2) is 34.0 Å². The summed E-state index contributed by atoms with van der Waals surface area (Å²) >= 11 is 0. The number of hydrogen-bond acceptors (Lipinski definition) is 6. The zero-order chi connectivity index (χ0) is 23.1. The number of fused-ring (bicyclic) bond motifs is 2. The molecule has 0 N–H and O–H groups in total. The highest BCUT2D eigenvalue weighted by molar-refractivity contribution is 5.99. The number of allylic oxidation sites excluding steroid dienone is 2. The fourth-order valence-electron chi connectivity index (χ4n) is 4.90. The maximum absolute atomic E-state index is 13.4. The van der Waals surface area contributed by atoms with Gasteiger partial charge >= 0.3 is 11.9 Å². The molecule has 1 saturated carbocycles. The number of esters is 2. The first-order valence-electron chi connectivity index (χ1n) is 10.9. The Hall–Kier alpha value is -2.63. The number of ketones is 1. The van der Waals surface area contributed by atoms with E-state index in [9.17, 15) is 14.4 Å². The summed E-state index contributed by atoms with van der Waals surface area (Å²) in [7, 11) is 0. The van der Waals surface area contributed by atoms with E-state index in [4.69, 9.17) is 13.9 Å². The van der Waals surface area contributed by atoms with Gasteiger partial charge in [-0.3, -0.25) is 4.79 Å². The van der Waals surface area contributed by atoms with Gasteiger partial charge in [-0.15, -0.1) is 0 Å². The number of furan rings is 1. The van der Waals surface area contributed by atoms with Crippen LogP contribution < -0.4 is 0 Å². The molecular formula is C25H32O6. The molecule has 1 heterocycles. The number of carbonyl (C=O) groups is 3. The lowest BCUT2D eigenvalue weighted by molar-refractivity contribution is -0.178. The summed E-state index contributed by atoms with van der Waals surface area (Å²) in [5.74, 6) is -1.17. The number of rotatable bonds is 4. The molecule has 0 aliphatic heterocycles. The molecule has 6 nitrogen and oxygen atoms in total. The van der Waals surface area contributed by atoms with Crippen LogP contribution in [0.4, 0.5) is 0 Å². The fraction of sp³-hybridized carbons (Fsp3) is 0.560. The quantitative estimate of drug-likeness (QED) is 0.480. The zero-order valence-corrected chi connectivity index (χ0v) is 19.4. The van der Waals surface area contributed by atoms with E-state index in [1.165, 1.54) is 0 Å². The summed E-state index contributed by atoms with van der Waals surface area (Å²) in [6, 6.07) is 0. The van der Waals surface area contributed by atoms with Gasteiger partial charge in [0.1, 0.15) is 12.2 Å². The number of aryl methyl sites for hydroxylation is 1. The molecule has 0 radical (unpaired) electrons. The van der Waals surface area contributed by atoms with Crippen LogP contribution in [0.2, 0.25) is 0 Å². The van der Waals surface area contributed by atoms with Gasteiger partial charge in [0.15, 0.2) is 5.76 Å². The van der Waals surface area contributed by atoms with E-state index in [0.29, 0.717) is 29.6 Å². The molecule has 0 bridgehead atoms. The second-order valence-corrected chi connectivity index (χ2v) is 8.98. The van der Waals surface area contributed by atoms with Crippen LogP contribution in [-0.4, -0.2) is 23.8 Å². The average Bonchev–Trinajstić information content (AvgIpc) is 3.14. The molecule has 0 amide bonds. The van der Waals surface area contributed by atoms with Crippen LogP contribution >= 0.6 is 0 Å². The van der Waals surface area contributed by atoms with Gasteiger partial charge < -0.3 is 13.9 Å². The standard InChI is InChI=1S/C25H32O6/c1-8-13(3)23(27)30-18-11-10-17-20(26)21-19(15(5)12-29-21)22(25(17,7)16(18)6)31-24(28)14(4)9-2/h8-9,12,16-18,22H,10-11H2,1-7H3. The lowest BCUT2D eigenvalue weighted by Gasteiger charge is -2.53. The first-order valence-corrected chi connectivity index (χ1v) is 10.9. The van der Waals surface area contributed by atoms with Crippen molar-refractivity contribution in [3.63, 3.8) is 0 Å². The molecular weight excluding hydrogens is 396 g/mol. The highest BCUT2D eigenvalue weighted by Gasteiger charge is 2.61. The summed E-state index contributed by atoms with van der Waals surface area (Å²) in [6.07, 6.45) is 5.01. The number of hydrogen-bond donors (Lipinski definition) is 0. The molecule has 168 valence electrons. The highest BCUT2D eigenvalue weighted by atomic mass is 16.6. The second-order valence-electron chi connectivity index (χ2n) is 8.98. The first kappa shape index (κ1) is 23.0. The van der Waals surface area contributed by atoms with E-state index in [-0.39, 0.29) is 35.5 Å². The van der Waals surface area contributed by atoms with Gasteiger partial charge in [0.25, 0.3) is 0 Å². The lowest BCUT2D eigenvalue weighted by Crippen LogP contribution is -2.55. The molecule has 0 aromatic carbocycles. The second kappa shape index (κ2) is 8.48. The number of ether oxygens (including phenoxy) is 2. The predicted molar refractivity (Wildman–Crippen MR) is 115 cm³/mol. The third-order valence-electron chi connectivity index (χ3n) is 7.41. The Bertz CT molecular complexity index is 965. The van der Waals surface area contributed by atoms with Gasteiger partial charge in [0.05, 0.1) is 6.26 Å². The van der Waals surface area contributed by atoms with Gasteiger partial charge in [-0.1, -0.05) is 26.0 Å². The van der Waals surface area contributed by atoms with E-state index in [2.05, 4.69) is 0 Å². The summed E-state index contributed by atoms with van der Waals surface area (Å²) in [4.78, 5) is 38.6. The molecule has 5 unspecified atom stereocenters. The Morgan fingerprint density at radius 1 is 1.10 bits per heavy atom. The topological polar surface area (TPSA) is 82.8 Å². The number of Topliss-reactive ketones (excluding diaryl/α,β-unsaturated/α-hetero) is 1. The lowest BCUT2D eigenvalue weighted by atomic mass is 9.53. The third kappa shape index (κ3) is 3.66. The van der Waals surface area contributed by atoms with Crippen LogP contribution in [0.5, 0.6) is 0 Å². The Kier molecular flexibility index (Phi) is 6.30. The molecule has 1 aromatic rings. The molecule has 1 aromatic heterocycles. The van der Waals surface area contributed by atoms with Gasteiger partial charge in [0.2, 0.25) is 5.78 Å². The van der Waals surface area contributed by atoms with Gasteiger partial charge in [-0.05, 0) is 53.0 Å². The third-order valence-corrected chi connectivity index (χ3v) is 7.41. The maximum atomic E-state index is 13.4. The molecule has 5 atom stereocenters. The molecule has 3 rings (SSSR count). The van der Waals surface area contributed by atoms with Gasteiger partial charge in [-0.2, -0.15) is 0 Å². The van der Waals surface area contributed by atoms with Crippen LogP contribution in [0.1, 0.15) is 82.2 Å². The monoisotopic (exact) mass is 428 g/mol. The van der Waals surface area contributed by atoms with Crippen molar-refractivity contribution in [3.05, 3.63) is 46.4 Å². The molecule has 2 aliphatic rings. The van der Waals surface area contributed by atoms with Crippen molar-refractivity contribution in [2.45, 2.75) is 73.5 Å².